The van der Waals surface area contributed by atoms with E-state index < -0.39 is 0 Å². The van der Waals surface area contributed by atoms with Crippen molar-refractivity contribution in [3.05, 3.63) is 51.9 Å². The molecule has 0 unspecified atom stereocenters. The molecule has 0 saturated heterocycles. The number of nitrogens with zero attached hydrogens (tertiary/aromatic N) is 2. The van der Waals surface area contributed by atoms with Crippen LogP contribution in [-0.4, -0.2) is 9.97 Å². The first-order valence-corrected chi connectivity index (χ1v) is 8.16. The van der Waals surface area contributed by atoms with Crippen LogP contribution in [0.2, 0.25) is 5.15 Å². The molecule has 106 valence electrons. The molecule has 2 nitrogen and oxygen atoms in total. The molecule has 2 aromatic rings. The van der Waals surface area contributed by atoms with Crippen molar-refractivity contribution in [1.82, 2.24) is 9.97 Å². The number of hydrogen-bond acceptors (Lipinski definition) is 3. The van der Waals surface area contributed by atoms with Crippen LogP contribution in [0.4, 0.5) is 0 Å². The van der Waals surface area contributed by atoms with Crippen LogP contribution in [0.1, 0.15) is 35.9 Å². The lowest BCUT2D eigenvalue weighted by molar-refractivity contribution is 0.809. The van der Waals surface area contributed by atoms with Crippen molar-refractivity contribution in [1.29, 1.82) is 0 Å². The van der Waals surface area contributed by atoms with Crippen molar-refractivity contribution in [3.8, 4) is 0 Å². The summed E-state index contributed by atoms with van der Waals surface area (Å²) in [6, 6.07) is 8.47. The van der Waals surface area contributed by atoms with Crippen LogP contribution in [0.15, 0.2) is 29.3 Å². The Morgan fingerprint density at radius 2 is 1.75 bits per heavy atom. The zero-order chi connectivity index (χ0) is 14.5. The van der Waals surface area contributed by atoms with Crippen molar-refractivity contribution in [2.75, 3.05) is 0 Å². The van der Waals surface area contributed by atoms with Gasteiger partial charge in [0.25, 0.3) is 0 Å². The highest BCUT2D eigenvalue weighted by atomic mass is 35.5. The van der Waals surface area contributed by atoms with Crippen LogP contribution < -0.4 is 0 Å². The third-order valence-corrected chi connectivity index (χ3v) is 4.04. The van der Waals surface area contributed by atoms with Crippen LogP contribution in [0.25, 0.3) is 0 Å². The monoisotopic (exact) mass is 306 g/mol. The predicted molar refractivity (Wildman–Crippen MR) is 86.5 cm³/mol. The highest BCUT2D eigenvalue weighted by Gasteiger charge is 2.05. The van der Waals surface area contributed by atoms with Crippen LogP contribution in [0, 0.1) is 13.8 Å². The van der Waals surface area contributed by atoms with Crippen molar-refractivity contribution in [2.45, 2.75) is 44.4 Å². The maximum Gasteiger partial charge on any atom is 0.133 e. The first-order valence-electron chi connectivity index (χ1n) is 6.80. The molecule has 1 aromatic heterocycles. The van der Waals surface area contributed by atoms with Crippen LogP contribution in [0.5, 0.6) is 0 Å². The van der Waals surface area contributed by atoms with Crippen molar-refractivity contribution < 1.29 is 0 Å². The van der Waals surface area contributed by atoms with Gasteiger partial charge in [0.2, 0.25) is 0 Å². The number of benzene rings is 1. The Balaban J connectivity index is 2.10. The van der Waals surface area contributed by atoms with E-state index in [4.69, 9.17) is 11.6 Å². The summed E-state index contributed by atoms with van der Waals surface area (Å²) in [4.78, 5) is 8.80. The van der Waals surface area contributed by atoms with Gasteiger partial charge in [0.1, 0.15) is 16.0 Å². The average molecular weight is 307 g/mol. The van der Waals surface area contributed by atoms with Crippen molar-refractivity contribution >= 4 is 23.4 Å². The number of aromatic nitrogens is 2. The second-order valence-electron chi connectivity index (χ2n) is 4.98. The summed E-state index contributed by atoms with van der Waals surface area (Å²) in [5.74, 6) is 1.74. The molecule has 1 heterocycles. The van der Waals surface area contributed by atoms with E-state index >= 15 is 0 Å². The third kappa shape index (κ3) is 4.50. The van der Waals surface area contributed by atoms with E-state index in [-0.39, 0.29) is 0 Å². The van der Waals surface area contributed by atoms with Gasteiger partial charge < -0.3 is 0 Å². The number of rotatable bonds is 5. The fourth-order valence-electron chi connectivity index (χ4n) is 2.16. The average Bonchev–Trinajstić information content (AvgIpc) is 2.35. The minimum absolute atomic E-state index is 0.534. The van der Waals surface area contributed by atoms with E-state index in [0.717, 1.165) is 29.4 Å². The molecule has 0 N–H and O–H groups in total. The van der Waals surface area contributed by atoms with Gasteiger partial charge >= 0.3 is 0 Å². The zero-order valence-electron chi connectivity index (χ0n) is 12.1. The van der Waals surface area contributed by atoms with Crippen LogP contribution in [0.3, 0.4) is 0 Å². The molecular formula is C16H19ClN2S. The molecule has 0 aliphatic heterocycles. The molecule has 0 spiro atoms. The summed E-state index contributed by atoms with van der Waals surface area (Å²) in [6.07, 6.45) is 1.90. The molecule has 0 fully saturated rings. The van der Waals surface area contributed by atoms with Crippen molar-refractivity contribution in [3.63, 3.8) is 0 Å². The second kappa shape index (κ2) is 7.09. The SMILES string of the molecule is CCCc1nc(Cl)cc(SCc2cc(C)cc(C)c2)n1. The van der Waals surface area contributed by atoms with E-state index in [2.05, 4.69) is 48.9 Å². The first-order chi connectivity index (χ1) is 9.56. The van der Waals surface area contributed by atoms with E-state index in [9.17, 15) is 0 Å². The number of halogens is 1. The molecule has 20 heavy (non-hydrogen) atoms. The van der Waals surface area contributed by atoms with Gasteiger partial charge in [-0.1, -0.05) is 47.9 Å². The lowest BCUT2D eigenvalue weighted by Gasteiger charge is -2.06. The highest BCUT2D eigenvalue weighted by molar-refractivity contribution is 7.98. The highest BCUT2D eigenvalue weighted by Crippen LogP contribution is 2.24. The Hall–Kier alpha value is -1.06. The van der Waals surface area contributed by atoms with Gasteiger partial charge in [0.15, 0.2) is 0 Å². The topological polar surface area (TPSA) is 25.8 Å². The Labute approximate surface area is 130 Å². The van der Waals surface area contributed by atoms with Crippen LogP contribution in [-0.2, 0) is 12.2 Å². The van der Waals surface area contributed by atoms with Gasteiger partial charge in [0.05, 0.1) is 0 Å². The normalized spacial score (nSPS) is 10.8. The van der Waals surface area contributed by atoms with E-state index in [1.165, 1.54) is 16.7 Å². The molecule has 0 atom stereocenters. The van der Waals surface area contributed by atoms with E-state index in [1.54, 1.807) is 11.8 Å². The Morgan fingerprint density at radius 1 is 1.05 bits per heavy atom. The lowest BCUT2D eigenvalue weighted by Crippen LogP contribution is -1.96. The maximum absolute atomic E-state index is 6.05. The fourth-order valence-corrected chi connectivity index (χ4v) is 3.27. The summed E-state index contributed by atoms with van der Waals surface area (Å²) in [5, 5.41) is 1.49. The molecular weight excluding hydrogens is 288 g/mol. The molecule has 2 rings (SSSR count). The molecule has 0 bridgehead atoms. The summed E-state index contributed by atoms with van der Waals surface area (Å²) in [5.41, 5.74) is 3.92. The Bertz CT molecular complexity index is 579. The smallest absolute Gasteiger partial charge is 0.133 e. The zero-order valence-corrected chi connectivity index (χ0v) is 13.7. The van der Waals surface area contributed by atoms with E-state index in [1.807, 2.05) is 6.07 Å². The quantitative estimate of drug-likeness (QED) is 0.575. The molecule has 0 aliphatic carbocycles. The number of aryl methyl sites for hydroxylation is 3. The van der Waals surface area contributed by atoms with Gasteiger partial charge in [-0.2, -0.15) is 0 Å². The Morgan fingerprint density at radius 3 is 2.40 bits per heavy atom. The number of thioether (sulfide) groups is 1. The fraction of sp³-hybridized carbons (Fsp3) is 0.375. The van der Waals surface area contributed by atoms with Gasteiger partial charge in [-0.25, -0.2) is 9.97 Å². The minimum atomic E-state index is 0.534. The first kappa shape index (κ1) is 15.3. The minimum Gasteiger partial charge on any atom is -0.226 e. The molecule has 0 radical (unpaired) electrons. The number of hydrogen-bond donors (Lipinski definition) is 0. The molecule has 0 amide bonds. The molecule has 0 aliphatic rings. The maximum atomic E-state index is 6.05. The van der Waals surface area contributed by atoms with Gasteiger partial charge in [-0.3, -0.25) is 0 Å². The molecule has 4 heteroatoms. The van der Waals surface area contributed by atoms with Crippen molar-refractivity contribution in [2.24, 2.45) is 0 Å². The Kier molecular flexibility index (Phi) is 5.44. The predicted octanol–water partition coefficient (Wildman–Crippen LogP) is 4.99. The summed E-state index contributed by atoms with van der Waals surface area (Å²) >= 11 is 7.76. The van der Waals surface area contributed by atoms with E-state index in [0.29, 0.717) is 5.15 Å². The molecule has 0 saturated carbocycles. The van der Waals surface area contributed by atoms with Gasteiger partial charge in [-0.05, 0) is 25.8 Å². The third-order valence-electron chi connectivity index (χ3n) is 2.86. The molecule has 1 aromatic carbocycles. The summed E-state index contributed by atoms with van der Waals surface area (Å²) in [6.45, 7) is 6.37. The second-order valence-corrected chi connectivity index (χ2v) is 6.36. The summed E-state index contributed by atoms with van der Waals surface area (Å²) in [7, 11) is 0. The van der Waals surface area contributed by atoms with Gasteiger partial charge in [-0.15, -0.1) is 11.8 Å². The van der Waals surface area contributed by atoms with Crippen LogP contribution >= 0.6 is 23.4 Å². The summed E-state index contributed by atoms with van der Waals surface area (Å²) < 4.78 is 0. The van der Waals surface area contributed by atoms with Gasteiger partial charge in [0, 0.05) is 18.2 Å². The lowest BCUT2D eigenvalue weighted by atomic mass is 10.1. The largest absolute Gasteiger partial charge is 0.226 e. The standard InChI is InChI=1S/C16H19ClN2S/c1-4-5-15-18-14(17)9-16(19-15)20-10-13-7-11(2)6-12(3)8-13/h6-9H,4-5,10H2,1-3H3.